The maximum Gasteiger partial charge on any atom is 0.433 e. The minimum absolute atomic E-state index is 0.0578. The highest BCUT2D eigenvalue weighted by atomic mass is 32.2. The van der Waals surface area contributed by atoms with Crippen molar-refractivity contribution < 1.29 is 25.8 Å². The van der Waals surface area contributed by atoms with E-state index >= 15 is 0 Å². The van der Waals surface area contributed by atoms with Crippen molar-refractivity contribution in [3.05, 3.63) is 54.1 Å². The number of halogens is 3. The molecule has 0 spiro atoms. The molecule has 0 saturated carbocycles. The van der Waals surface area contributed by atoms with Crippen LogP contribution >= 0.6 is 0 Å². The first-order valence-corrected chi connectivity index (χ1v) is 10.5. The molecule has 0 bridgehead atoms. The maximum atomic E-state index is 12.7. The number of pyridine rings is 2. The van der Waals surface area contributed by atoms with Crippen LogP contribution in [0.15, 0.2) is 42.9 Å². The first-order chi connectivity index (χ1) is 13.1. The van der Waals surface area contributed by atoms with Crippen molar-refractivity contribution in [2.45, 2.75) is 25.1 Å². The quantitative estimate of drug-likeness (QED) is 0.697. The molecule has 10 heteroatoms. The molecular formula is C18H20F3N3O3S. The van der Waals surface area contributed by atoms with E-state index in [0.717, 1.165) is 12.3 Å². The van der Waals surface area contributed by atoms with Crippen LogP contribution in [0.3, 0.4) is 0 Å². The lowest BCUT2D eigenvalue weighted by molar-refractivity contribution is -0.141. The Balaban J connectivity index is 1.70. The summed E-state index contributed by atoms with van der Waals surface area (Å²) >= 11 is 0. The molecule has 1 atom stereocenters. The third kappa shape index (κ3) is 5.20. The summed E-state index contributed by atoms with van der Waals surface area (Å²) in [5, 5.41) is 0. The Labute approximate surface area is 161 Å². The molecule has 6 nitrogen and oxygen atoms in total. The molecule has 1 fully saturated rings. The van der Waals surface area contributed by atoms with Gasteiger partial charge in [-0.15, -0.1) is 0 Å². The monoisotopic (exact) mass is 415 g/mol. The first-order valence-electron chi connectivity index (χ1n) is 8.70. The molecule has 2 aromatic rings. The number of piperidine rings is 1. The summed E-state index contributed by atoms with van der Waals surface area (Å²) < 4.78 is 66.7. The summed E-state index contributed by atoms with van der Waals surface area (Å²) in [5.41, 5.74) is 0.361. The second-order valence-corrected chi connectivity index (χ2v) is 8.33. The Hall–Kier alpha value is -2.20. The molecule has 1 saturated heterocycles. The normalized spacial score (nSPS) is 17.5. The standard InChI is InChI=1S/C18H20F3N3O3S/c1-28(25,26)27-17(14-3-2-8-22-11-14)13-6-9-24(10-7-13)15-4-5-16(23-12-15)18(19,20)21/h2-5,8,11-13,17H,6-7,9-10H2,1H3. The van der Waals surface area contributed by atoms with Crippen molar-refractivity contribution in [2.24, 2.45) is 5.92 Å². The molecule has 1 aliphatic heterocycles. The Bertz CT molecular complexity index is 882. The van der Waals surface area contributed by atoms with Gasteiger partial charge in [0.1, 0.15) is 11.8 Å². The molecule has 2 aromatic heterocycles. The highest BCUT2D eigenvalue weighted by Crippen LogP contribution is 2.36. The van der Waals surface area contributed by atoms with Gasteiger partial charge in [-0.05, 0) is 37.0 Å². The number of hydrogen-bond donors (Lipinski definition) is 0. The van der Waals surface area contributed by atoms with Gasteiger partial charge in [-0.2, -0.15) is 21.6 Å². The predicted octanol–water partition coefficient (Wildman–Crippen LogP) is 3.43. The van der Waals surface area contributed by atoms with E-state index in [1.165, 1.54) is 12.3 Å². The van der Waals surface area contributed by atoms with Gasteiger partial charge in [0.25, 0.3) is 10.1 Å². The number of anilines is 1. The van der Waals surface area contributed by atoms with Crippen molar-refractivity contribution in [3.8, 4) is 0 Å². The van der Waals surface area contributed by atoms with Gasteiger partial charge in [-0.3, -0.25) is 9.17 Å². The topological polar surface area (TPSA) is 72.4 Å². The molecule has 3 heterocycles. The van der Waals surface area contributed by atoms with E-state index in [9.17, 15) is 21.6 Å². The van der Waals surface area contributed by atoms with Crippen LogP contribution in [0.4, 0.5) is 18.9 Å². The minimum atomic E-state index is -4.47. The van der Waals surface area contributed by atoms with Crippen LogP contribution in [0.5, 0.6) is 0 Å². The zero-order chi connectivity index (χ0) is 20.4. The SMILES string of the molecule is CS(=O)(=O)OC(c1cccnc1)C1CCN(c2ccc(C(F)(F)F)nc2)CC1. The fourth-order valence-corrected chi connectivity index (χ4v) is 3.98. The van der Waals surface area contributed by atoms with Crippen LogP contribution in [-0.2, 0) is 20.5 Å². The number of rotatable bonds is 5. The van der Waals surface area contributed by atoms with Gasteiger partial charge in [0.05, 0.1) is 18.1 Å². The van der Waals surface area contributed by atoms with Gasteiger partial charge in [0.15, 0.2) is 0 Å². The second-order valence-electron chi connectivity index (χ2n) is 6.73. The van der Waals surface area contributed by atoms with Crippen LogP contribution in [0, 0.1) is 5.92 Å². The van der Waals surface area contributed by atoms with Gasteiger partial charge in [0.2, 0.25) is 0 Å². The van der Waals surface area contributed by atoms with Crippen molar-refractivity contribution >= 4 is 15.8 Å². The molecule has 3 rings (SSSR count). The maximum absolute atomic E-state index is 12.7. The lowest BCUT2D eigenvalue weighted by Gasteiger charge is -2.36. The van der Waals surface area contributed by atoms with Gasteiger partial charge in [-0.25, -0.2) is 4.98 Å². The summed E-state index contributed by atoms with van der Waals surface area (Å²) in [7, 11) is -3.66. The predicted molar refractivity (Wildman–Crippen MR) is 97.1 cm³/mol. The van der Waals surface area contributed by atoms with Crippen molar-refractivity contribution in [2.75, 3.05) is 24.2 Å². The van der Waals surface area contributed by atoms with Crippen LogP contribution < -0.4 is 4.90 Å². The largest absolute Gasteiger partial charge is 0.433 e. The Morgan fingerprint density at radius 1 is 1.18 bits per heavy atom. The van der Waals surface area contributed by atoms with E-state index < -0.39 is 28.1 Å². The molecule has 0 N–H and O–H groups in total. The van der Waals surface area contributed by atoms with E-state index in [1.807, 2.05) is 4.90 Å². The average Bonchev–Trinajstić information content (AvgIpc) is 2.66. The molecule has 1 aliphatic rings. The third-order valence-corrected chi connectivity index (χ3v) is 5.22. The molecular weight excluding hydrogens is 395 g/mol. The van der Waals surface area contributed by atoms with E-state index in [1.54, 1.807) is 24.5 Å². The van der Waals surface area contributed by atoms with Crippen molar-refractivity contribution in [1.82, 2.24) is 9.97 Å². The smallest absolute Gasteiger partial charge is 0.370 e. The van der Waals surface area contributed by atoms with Crippen molar-refractivity contribution in [1.29, 1.82) is 0 Å². The lowest BCUT2D eigenvalue weighted by atomic mass is 9.88. The summed E-state index contributed by atoms with van der Waals surface area (Å²) in [6.07, 6.45) is 1.55. The fraction of sp³-hybridized carbons (Fsp3) is 0.444. The average molecular weight is 415 g/mol. The number of aromatic nitrogens is 2. The lowest BCUT2D eigenvalue weighted by Crippen LogP contribution is -2.36. The fourth-order valence-electron chi connectivity index (χ4n) is 3.34. The second kappa shape index (κ2) is 8.04. The van der Waals surface area contributed by atoms with E-state index in [0.29, 0.717) is 37.2 Å². The van der Waals surface area contributed by atoms with Crippen LogP contribution in [0.2, 0.25) is 0 Å². The zero-order valence-corrected chi connectivity index (χ0v) is 15.9. The molecule has 0 radical (unpaired) electrons. The van der Waals surface area contributed by atoms with Gasteiger partial charge in [-0.1, -0.05) is 6.07 Å². The number of nitrogens with zero attached hydrogens (tertiary/aromatic N) is 3. The number of hydrogen-bond acceptors (Lipinski definition) is 6. The molecule has 1 unspecified atom stereocenters. The van der Waals surface area contributed by atoms with Crippen LogP contribution in [0.1, 0.15) is 30.2 Å². The van der Waals surface area contributed by atoms with Crippen molar-refractivity contribution in [3.63, 3.8) is 0 Å². The van der Waals surface area contributed by atoms with Crippen LogP contribution in [-0.4, -0.2) is 37.7 Å². The Morgan fingerprint density at radius 2 is 1.89 bits per heavy atom. The molecule has 0 aliphatic carbocycles. The summed E-state index contributed by atoms with van der Waals surface area (Å²) in [5.74, 6) is -0.0578. The highest BCUT2D eigenvalue weighted by Gasteiger charge is 2.33. The molecule has 0 amide bonds. The van der Waals surface area contributed by atoms with E-state index in [2.05, 4.69) is 9.97 Å². The molecule has 0 aromatic carbocycles. The first kappa shape index (κ1) is 20.5. The summed E-state index contributed by atoms with van der Waals surface area (Å²) in [6, 6.07) is 5.86. The third-order valence-electron chi connectivity index (χ3n) is 4.66. The summed E-state index contributed by atoms with van der Waals surface area (Å²) in [6.45, 7) is 1.11. The zero-order valence-electron chi connectivity index (χ0n) is 15.1. The molecule has 152 valence electrons. The minimum Gasteiger partial charge on any atom is -0.370 e. The van der Waals surface area contributed by atoms with E-state index in [-0.39, 0.29) is 5.92 Å². The molecule has 28 heavy (non-hydrogen) atoms. The van der Waals surface area contributed by atoms with Gasteiger partial charge < -0.3 is 4.90 Å². The number of alkyl halides is 3. The highest BCUT2D eigenvalue weighted by molar-refractivity contribution is 7.86. The van der Waals surface area contributed by atoms with E-state index in [4.69, 9.17) is 4.18 Å². The summed E-state index contributed by atoms with van der Waals surface area (Å²) in [4.78, 5) is 9.47. The Morgan fingerprint density at radius 3 is 2.39 bits per heavy atom. The van der Waals surface area contributed by atoms with Gasteiger partial charge >= 0.3 is 6.18 Å². The Kier molecular flexibility index (Phi) is 5.90. The van der Waals surface area contributed by atoms with Crippen LogP contribution in [0.25, 0.3) is 0 Å². The van der Waals surface area contributed by atoms with Gasteiger partial charge in [0, 0.05) is 31.0 Å².